The molecule has 0 spiro atoms. The molecule has 45 heavy (non-hydrogen) atoms. The Morgan fingerprint density at radius 3 is 2.69 bits per heavy atom. The molecule has 3 heterocycles. The maximum atomic E-state index is 14.1. The van der Waals surface area contributed by atoms with E-state index in [2.05, 4.69) is 27.5 Å². The van der Waals surface area contributed by atoms with Gasteiger partial charge in [-0.2, -0.15) is 0 Å². The van der Waals surface area contributed by atoms with Crippen LogP contribution in [0.15, 0.2) is 66.7 Å². The van der Waals surface area contributed by atoms with Crippen molar-refractivity contribution in [3.05, 3.63) is 77.8 Å². The van der Waals surface area contributed by atoms with E-state index in [4.69, 9.17) is 0 Å². The first-order valence-electron chi connectivity index (χ1n) is 14.7. The van der Waals surface area contributed by atoms with Gasteiger partial charge < -0.3 is 25.8 Å². The maximum absolute atomic E-state index is 14.1. The van der Waals surface area contributed by atoms with Gasteiger partial charge in [0, 0.05) is 26.2 Å². The Morgan fingerprint density at radius 1 is 1.09 bits per heavy atom. The average molecular weight is 633 g/mol. The molecule has 0 radical (unpaired) electrons. The Labute approximate surface area is 264 Å². The largest absolute Gasteiger partial charge is 0.355 e. The third-order valence-electron chi connectivity index (χ3n) is 7.79. The number of carbonyl (C=O) groups is 5. The number of urea groups is 1. The Bertz CT molecular complexity index is 1550. The number of aromatic nitrogens is 1. The molecule has 5 rings (SSSR count). The topological polar surface area (TPSA) is 147 Å². The predicted octanol–water partition coefficient (Wildman–Crippen LogP) is 1.43. The van der Waals surface area contributed by atoms with Gasteiger partial charge in [-0.1, -0.05) is 48.5 Å². The van der Waals surface area contributed by atoms with Crippen LogP contribution in [0.25, 0.3) is 10.2 Å². The predicted molar refractivity (Wildman–Crippen MR) is 168 cm³/mol. The molecule has 3 aromatic rings. The summed E-state index contributed by atoms with van der Waals surface area (Å²) in [7, 11) is 0. The summed E-state index contributed by atoms with van der Waals surface area (Å²) < 4.78 is 1.00. The van der Waals surface area contributed by atoms with Crippen LogP contribution in [0.1, 0.15) is 24.0 Å². The number of benzene rings is 2. The van der Waals surface area contributed by atoms with Crippen LogP contribution < -0.4 is 16.0 Å². The molecule has 2 aliphatic rings. The SMILES string of the molecule is C=CCN1CC(=O)N2C(CN(Cc3cccc4scnc34)C(=O)[C@@H]2CCCNC(=O)CNC=O)N1C(=O)NCc1ccccc1. The summed E-state index contributed by atoms with van der Waals surface area (Å²) >= 11 is 1.51. The highest BCUT2D eigenvalue weighted by molar-refractivity contribution is 7.16. The fourth-order valence-electron chi connectivity index (χ4n) is 5.77. The Morgan fingerprint density at radius 2 is 1.91 bits per heavy atom. The molecule has 3 N–H and O–H groups in total. The number of thiazole rings is 1. The number of nitrogens with zero attached hydrogens (tertiary/aromatic N) is 5. The molecule has 2 atom stereocenters. The summed E-state index contributed by atoms with van der Waals surface area (Å²) in [5, 5.41) is 11.2. The second-order valence-electron chi connectivity index (χ2n) is 10.7. The number of carbonyl (C=O) groups excluding carboxylic acids is 5. The lowest BCUT2D eigenvalue weighted by Crippen LogP contribution is -2.76. The van der Waals surface area contributed by atoms with Gasteiger partial charge in [-0.25, -0.2) is 19.8 Å². The van der Waals surface area contributed by atoms with Crippen LogP contribution in [-0.4, -0.2) is 99.9 Å². The fraction of sp³-hybridized carbons (Fsp3) is 0.355. The van der Waals surface area contributed by atoms with Gasteiger partial charge in [-0.05, 0) is 30.0 Å². The number of amides is 6. The lowest BCUT2D eigenvalue weighted by atomic mass is 10.0. The van der Waals surface area contributed by atoms with Crippen molar-refractivity contribution in [2.45, 2.75) is 38.1 Å². The van der Waals surface area contributed by atoms with Gasteiger partial charge in [0.15, 0.2) is 0 Å². The van der Waals surface area contributed by atoms with Gasteiger partial charge in [-0.3, -0.25) is 19.2 Å². The second kappa shape index (κ2) is 14.8. The molecule has 6 amide bonds. The molecule has 13 nitrogen and oxygen atoms in total. The van der Waals surface area contributed by atoms with E-state index in [-0.39, 0.29) is 70.0 Å². The molecule has 2 aromatic carbocycles. The van der Waals surface area contributed by atoms with E-state index in [9.17, 15) is 24.0 Å². The van der Waals surface area contributed by atoms with Crippen molar-refractivity contribution in [2.24, 2.45) is 0 Å². The summed E-state index contributed by atoms with van der Waals surface area (Å²) in [6, 6.07) is 14.1. The third-order valence-corrected chi connectivity index (χ3v) is 8.59. The van der Waals surface area contributed by atoms with Gasteiger partial charge >= 0.3 is 6.03 Å². The number of hydrogen-bond donors (Lipinski definition) is 3. The van der Waals surface area contributed by atoms with Crippen LogP contribution in [0.5, 0.6) is 0 Å². The first-order chi connectivity index (χ1) is 21.9. The summed E-state index contributed by atoms with van der Waals surface area (Å²) in [5.41, 5.74) is 4.37. The van der Waals surface area contributed by atoms with E-state index in [1.807, 2.05) is 48.5 Å². The summed E-state index contributed by atoms with van der Waals surface area (Å²) in [4.78, 5) is 71.8. The minimum absolute atomic E-state index is 0.0993. The monoisotopic (exact) mass is 632 g/mol. The van der Waals surface area contributed by atoms with Crippen LogP contribution in [0.4, 0.5) is 4.79 Å². The standard InChI is InChI=1S/C31H36N8O5S/c1-2-14-37-19-28(42)38-24(11-7-13-33-26(41)16-32-20-40)30(43)36(17-23-10-6-12-25-29(23)35-21-45-25)18-27(38)39(37)31(44)34-15-22-8-4-3-5-9-22/h2-6,8-10,12,20-21,24,27H,1,7,11,13-19H2,(H,32,40)(H,33,41)(H,34,44)/t24-,27?/m0/s1. The van der Waals surface area contributed by atoms with Gasteiger partial charge in [0.05, 0.1) is 35.4 Å². The van der Waals surface area contributed by atoms with Crippen molar-refractivity contribution >= 4 is 51.7 Å². The van der Waals surface area contributed by atoms with Crippen molar-refractivity contribution in [1.29, 1.82) is 0 Å². The molecule has 1 unspecified atom stereocenters. The molecular weight excluding hydrogens is 596 g/mol. The van der Waals surface area contributed by atoms with Crippen LogP contribution in [-0.2, 0) is 32.3 Å². The van der Waals surface area contributed by atoms with Crippen molar-refractivity contribution in [3.8, 4) is 0 Å². The smallest absolute Gasteiger partial charge is 0.334 e. The molecular formula is C31H36N8O5S. The van der Waals surface area contributed by atoms with Crippen molar-refractivity contribution < 1.29 is 24.0 Å². The molecule has 2 aliphatic heterocycles. The number of rotatable bonds is 13. The van der Waals surface area contributed by atoms with Gasteiger partial charge in [0.2, 0.25) is 24.1 Å². The fourth-order valence-corrected chi connectivity index (χ4v) is 6.50. The van der Waals surface area contributed by atoms with E-state index < -0.39 is 18.2 Å². The van der Waals surface area contributed by atoms with Crippen LogP contribution in [0.3, 0.4) is 0 Å². The highest BCUT2D eigenvalue weighted by Gasteiger charge is 2.51. The molecule has 1 aromatic heterocycles. The normalized spacial score (nSPS) is 18.4. The zero-order valence-corrected chi connectivity index (χ0v) is 25.6. The van der Waals surface area contributed by atoms with Gasteiger partial charge in [-0.15, -0.1) is 17.9 Å². The summed E-state index contributed by atoms with van der Waals surface area (Å²) in [5.74, 6) is -0.862. The number of fused-ring (bicyclic) bond motifs is 2. The summed E-state index contributed by atoms with van der Waals surface area (Å²) in [6.45, 7) is 4.71. The molecule has 0 bridgehead atoms. The second-order valence-corrected chi connectivity index (χ2v) is 11.6. The average Bonchev–Trinajstić information content (AvgIpc) is 3.53. The number of piperazine rings is 1. The third kappa shape index (κ3) is 7.29. The van der Waals surface area contributed by atoms with Crippen LogP contribution >= 0.6 is 11.3 Å². The quantitative estimate of drug-likeness (QED) is 0.147. The van der Waals surface area contributed by atoms with E-state index in [1.54, 1.807) is 21.5 Å². The zero-order chi connectivity index (χ0) is 31.8. The van der Waals surface area contributed by atoms with E-state index >= 15 is 0 Å². The minimum Gasteiger partial charge on any atom is -0.355 e. The highest BCUT2D eigenvalue weighted by atomic mass is 32.1. The number of nitrogens with one attached hydrogen (secondary N) is 3. The van der Waals surface area contributed by atoms with Crippen molar-refractivity contribution in [3.63, 3.8) is 0 Å². The molecule has 0 saturated carbocycles. The lowest BCUT2D eigenvalue weighted by Gasteiger charge is -2.55. The first-order valence-corrected chi connectivity index (χ1v) is 15.6. The van der Waals surface area contributed by atoms with Crippen molar-refractivity contribution in [2.75, 3.05) is 32.7 Å². The van der Waals surface area contributed by atoms with Crippen LogP contribution in [0, 0.1) is 0 Å². The summed E-state index contributed by atoms with van der Waals surface area (Å²) in [6.07, 6.45) is 1.97. The number of hydrazine groups is 1. The van der Waals surface area contributed by atoms with E-state index in [1.165, 1.54) is 21.2 Å². The molecule has 0 aliphatic carbocycles. The van der Waals surface area contributed by atoms with Gasteiger partial charge in [0.25, 0.3) is 0 Å². The van der Waals surface area contributed by atoms with E-state index in [0.29, 0.717) is 12.8 Å². The van der Waals surface area contributed by atoms with Crippen molar-refractivity contribution in [1.82, 2.24) is 40.8 Å². The van der Waals surface area contributed by atoms with Gasteiger partial charge in [0.1, 0.15) is 12.2 Å². The Kier molecular flexibility index (Phi) is 10.4. The maximum Gasteiger partial charge on any atom is 0.334 e. The number of hydrogen-bond acceptors (Lipinski definition) is 8. The molecule has 236 valence electrons. The zero-order valence-electron chi connectivity index (χ0n) is 24.8. The van der Waals surface area contributed by atoms with Crippen LogP contribution in [0.2, 0.25) is 0 Å². The first kappa shape index (κ1) is 31.6. The highest BCUT2D eigenvalue weighted by Crippen LogP contribution is 2.31. The Hall–Kier alpha value is -4.82. The Balaban J connectivity index is 1.42. The number of para-hydroxylation sites is 1. The molecule has 2 fully saturated rings. The molecule has 2 saturated heterocycles. The lowest BCUT2D eigenvalue weighted by molar-refractivity contribution is -0.190. The van der Waals surface area contributed by atoms with E-state index in [0.717, 1.165) is 21.3 Å². The molecule has 14 heteroatoms. The minimum atomic E-state index is -0.855.